The van der Waals surface area contributed by atoms with Gasteiger partial charge in [0, 0.05) is 5.41 Å². The molecule has 4 nitrogen and oxygen atoms in total. The molecule has 0 amide bonds. The number of aliphatic hydroxyl groups excluding tert-OH is 2. The van der Waals surface area contributed by atoms with Crippen molar-refractivity contribution in [2.45, 2.75) is 83.2 Å². The molecule has 0 radical (unpaired) electrons. The lowest BCUT2D eigenvalue weighted by Crippen LogP contribution is -2.56. The summed E-state index contributed by atoms with van der Waals surface area (Å²) < 4.78 is 5.98. The van der Waals surface area contributed by atoms with E-state index in [1.165, 1.54) is 0 Å². The van der Waals surface area contributed by atoms with Crippen molar-refractivity contribution in [3.63, 3.8) is 0 Å². The van der Waals surface area contributed by atoms with Gasteiger partial charge in [0.05, 0.1) is 12.2 Å². The van der Waals surface area contributed by atoms with E-state index in [2.05, 4.69) is 19.9 Å². The molecule has 138 valence electrons. The molecule has 0 spiro atoms. The molecule has 0 aromatic rings. The molecule has 3 saturated carbocycles. The third-order valence-corrected chi connectivity index (χ3v) is 9.12. The molecule has 5 rings (SSSR count). The largest absolute Gasteiger partial charge is 0.390 e. The molecular weight excluding hydrogens is 316 g/mol. The molecule has 25 heavy (non-hydrogen) atoms. The predicted molar refractivity (Wildman–Crippen MR) is 92.8 cm³/mol. The zero-order valence-corrected chi connectivity index (χ0v) is 15.5. The van der Waals surface area contributed by atoms with Gasteiger partial charge in [-0.1, -0.05) is 19.9 Å². The normalized spacial score (nSPS) is 59.2. The third kappa shape index (κ3) is 1.72. The van der Waals surface area contributed by atoms with Crippen molar-refractivity contribution < 1.29 is 19.7 Å². The summed E-state index contributed by atoms with van der Waals surface area (Å²) in [6.45, 7) is 6.31. The van der Waals surface area contributed by atoms with E-state index in [-0.39, 0.29) is 22.7 Å². The number of rotatable bonds is 1. The molecule has 0 unspecified atom stereocenters. The van der Waals surface area contributed by atoms with Crippen LogP contribution in [0.25, 0.3) is 0 Å². The molecule has 5 aliphatic rings. The highest BCUT2D eigenvalue weighted by atomic mass is 16.6. The molecule has 4 fully saturated rings. The summed E-state index contributed by atoms with van der Waals surface area (Å²) >= 11 is 0. The van der Waals surface area contributed by atoms with E-state index in [4.69, 9.17) is 4.74 Å². The number of ketones is 1. The van der Waals surface area contributed by atoms with E-state index in [9.17, 15) is 15.0 Å². The van der Waals surface area contributed by atoms with Gasteiger partial charge in [0.15, 0.2) is 11.4 Å². The standard InChI is InChI=1S/C21H30O4/c1-11(22)21-17(25-21)10-15-12-4-5-14-18(24)16(23)7-8-19(14,2)13(12)6-9-20(15,21)3/h5,12-13,15-18,23-24H,4,6-10H2,1-3H3/t12-,13+,15+,16+,17-,18-,19-,20+,21-/m1/s1. The van der Waals surface area contributed by atoms with Crippen LogP contribution >= 0.6 is 0 Å². The lowest BCUT2D eigenvalue weighted by Gasteiger charge is -2.58. The second-order valence-electron chi connectivity index (χ2n) is 9.83. The fraction of sp³-hybridized carbons (Fsp3) is 0.857. The van der Waals surface area contributed by atoms with Crippen LogP contribution in [0.2, 0.25) is 0 Å². The van der Waals surface area contributed by atoms with E-state index >= 15 is 0 Å². The topological polar surface area (TPSA) is 70.1 Å². The molecule has 4 heteroatoms. The van der Waals surface area contributed by atoms with Gasteiger partial charge in [-0.15, -0.1) is 0 Å². The molecule has 4 aliphatic carbocycles. The number of aliphatic hydroxyl groups is 2. The maximum Gasteiger partial charge on any atom is 0.164 e. The van der Waals surface area contributed by atoms with Crippen molar-refractivity contribution in [1.29, 1.82) is 0 Å². The van der Waals surface area contributed by atoms with Gasteiger partial charge in [-0.25, -0.2) is 0 Å². The zero-order chi connectivity index (χ0) is 17.8. The van der Waals surface area contributed by atoms with Gasteiger partial charge in [0.2, 0.25) is 0 Å². The van der Waals surface area contributed by atoms with Crippen LogP contribution in [0.15, 0.2) is 11.6 Å². The van der Waals surface area contributed by atoms with E-state index in [1.807, 2.05) is 0 Å². The Morgan fingerprint density at radius 1 is 1.20 bits per heavy atom. The van der Waals surface area contributed by atoms with E-state index in [0.717, 1.165) is 37.7 Å². The highest BCUT2D eigenvalue weighted by Gasteiger charge is 2.79. The van der Waals surface area contributed by atoms with Gasteiger partial charge in [-0.05, 0) is 74.2 Å². The number of epoxide rings is 1. The first-order valence-electron chi connectivity index (χ1n) is 10.0. The first-order valence-corrected chi connectivity index (χ1v) is 10.0. The molecule has 0 aromatic carbocycles. The van der Waals surface area contributed by atoms with Crippen LogP contribution < -0.4 is 0 Å². The first kappa shape index (κ1) is 16.5. The molecule has 2 N–H and O–H groups in total. The lowest BCUT2D eigenvalue weighted by molar-refractivity contribution is -0.136. The van der Waals surface area contributed by atoms with E-state index in [0.29, 0.717) is 24.2 Å². The van der Waals surface area contributed by atoms with Crippen LogP contribution in [-0.4, -0.2) is 39.9 Å². The van der Waals surface area contributed by atoms with Gasteiger partial charge in [0.1, 0.15) is 6.10 Å². The lowest BCUT2D eigenvalue weighted by atomic mass is 9.46. The second-order valence-corrected chi connectivity index (χ2v) is 9.83. The van der Waals surface area contributed by atoms with Crippen LogP contribution in [0.3, 0.4) is 0 Å². The summed E-state index contributed by atoms with van der Waals surface area (Å²) in [6, 6.07) is 0. The fourth-order valence-electron chi connectivity index (χ4n) is 7.78. The summed E-state index contributed by atoms with van der Waals surface area (Å²) in [5.74, 6) is 1.87. The van der Waals surface area contributed by atoms with Crippen molar-refractivity contribution in [2.75, 3.05) is 0 Å². The Morgan fingerprint density at radius 2 is 1.96 bits per heavy atom. The van der Waals surface area contributed by atoms with Crippen molar-refractivity contribution in [2.24, 2.45) is 28.6 Å². The number of hydrogen-bond donors (Lipinski definition) is 2. The second kappa shape index (κ2) is 4.76. The molecule has 1 heterocycles. The average Bonchev–Trinajstić information content (AvgIpc) is 3.24. The smallest absolute Gasteiger partial charge is 0.164 e. The summed E-state index contributed by atoms with van der Waals surface area (Å²) in [5.41, 5.74) is 0.548. The Kier molecular flexibility index (Phi) is 3.14. The van der Waals surface area contributed by atoms with Crippen molar-refractivity contribution in [3.05, 3.63) is 11.6 Å². The molecule has 0 aromatic heterocycles. The molecule has 9 atom stereocenters. The Labute approximate surface area is 149 Å². The summed E-state index contributed by atoms with van der Waals surface area (Å²) in [5, 5.41) is 20.7. The quantitative estimate of drug-likeness (QED) is 0.566. The minimum atomic E-state index is -0.697. The Bertz CT molecular complexity index is 671. The van der Waals surface area contributed by atoms with Crippen LogP contribution in [0.4, 0.5) is 0 Å². The first-order chi connectivity index (χ1) is 11.8. The highest BCUT2D eigenvalue weighted by Crippen LogP contribution is 2.73. The minimum absolute atomic E-state index is 0.0000815. The summed E-state index contributed by atoms with van der Waals surface area (Å²) in [4.78, 5) is 12.4. The summed E-state index contributed by atoms with van der Waals surface area (Å²) in [6.07, 6.45) is 6.82. The van der Waals surface area contributed by atoms with Crippen molar-refractivity contribution >= 4 is 5.78 Å². The van der Waals surface area contributed by atoms with Gasteiger partial charge >= 0.3 is 0 Å². The average molecular weight is 346 g/mol. The maximum atomic E-state index is 12.4. The number of ether oxygens (including phenoxy) is 1. The molecule has 0 bridgehead atoms. The Balaban J connectivity index is 1.52. The van der Waals surface area contributed by atoms with Gasteiger partial charge in [-0.3, -0.25) is 4.79 Å². The molecule has 1 aliphatic heterocycles. The number of allylic oxidation sites excluding steroid dienone is 1. The van der Waals surface area contributed by atoms with Crippen LogP contribution in [-0.2, 0) is 9.53 Å². The Morgan fingerprint density at radius 3 is 2.68 bits per heavy atom. The number of Topliss-reactive ketones (excluding diaryl/α,β-unsaturated/α-hetero) is 1. The van der Waals surface area contributed by atoms with Crippen molar-refractivity contribution in [1.82, 2.24) is 0 Å². The third-order valence-electron chi connectivity index (χ3n) is 9.12. The predicted octanol–water partition coefficient (Wildman–Crippen LogP) is 2.62. The number of carbonyl (C=O) groups excluding carboxylic acids is 1. The molecule has 1 saturated heterocycles. The van der Waals surface area contributed by atoms with Gasteiger partial charge < -0.3 is 14.9 Å². The molecular formula is C21H30O4. The monoisotopic (exact) mass is 346 g/mol. The highest BCUT2D eigenvalue weighted by molar-refractivity contribution is 5.90. The van der Waals surface area contributed by atoms with Crippen LogP contribution in [0.1, 0.15) is 59.3 Å². The van der Waals surface area contributed by atoms with Gasteiger partial charge in [-0.2, -0.15) is 0 Å². The summed E-state index contributed by atoms with van der Waals surface area (Å²) in [7, 11) is 0. The SMILES string of the molecule is CC(=O)[C@@]12O[C@@H]1C[C@H]1[C@@H]3CC=C4[C@@H](O)[C@@H](O)CC[C@]4(C)[C@H]3CC[C@@]12C. The minimum Gasteiger partial charge on any atom is -0.390 e. The number of hydrogen-bond acceptors (Lipinski definition) is 4. The Hall–Kier alpha value is -0.710. The van der Waals surface area contributed by atoms with Gasteiger partial charge in [0.25, 0.3) is 0 Å². The van der Waals surface area contributed by atoms with Crippen LogP contribution in [0.5, 0.6) is 0 Å². The van der Waals surface area contributed by atoms with E-state index < -0.39 is 17.8 Å². The zero-order valence-electron chi connectivity index (χ0n) is 15.5. The van der Waals surface area contributed by atoms with E-state index in [1.54, 1.807) is 6.92 Å². The van der Waals surface area contributed by atoms with Crippen LogP contribution in [0, 0.1) is 28.6 Å². The number of carbonyl (C=O) groups is 1. The maximum absolute atomic E-state index is 12.4. The van der Waals surface area contributed by atoms with Crippen molar-refractivity contribution in [3.8, 4) is 0 Å². The fourth-order valence-corrected chi connectivity index (χ4v) is 7.78. The number of fused-ring (bicyclic) bond motifs is 7.